The summed E-state index contributed by atoms with van der Waals surface area (Å²) in [5.41, 5.74) is 2.53. The molecule has 2 fully saturated rings. The largest absolute Gasteiger partial charge is 0.347 e. The van der Waals surface area contributed by atoms with Gasteiger partial charge in [-0.1, -0.05) is 0 Å². The van der Waals surface area contributed by atoms with E-state index in [0.29, 0.717) is 6.04 Å². The van der Waals surface area contributed by atoms with Gasteiger partial charge >= 0.3 is 0 Å². The number of imidazole rings is 1. The smallest absolute Gasteiger partial charge is 0.0925 e. The first-order chi connectivity index (χ1) is 8.90. The molecule has 2 heterocycles. The highest BCUT2D eigenvalue weighted by molar-refractivity contribution is 5.16. The van der Waals surface area contributed by atoms with Crippen LogP contribution in [-0.2, 0) is 13.0 Å². The van der Waals surface area contributed by atoms with Gasteiger partial charge in [0.05, 0.1) is 17.7 Å². The highest BCUT2D eigenvalue weighted by atomic mass is 15.1. The first-order valence-corrected chi connectivity index (χ1v) is 7.38. The number of aromatic nitrogens is 2. The second kappa shape index (κ2) is 4.35. The molecule has 3 N–H and O–H groups in total. The van der Waals surface area contributed by atoms with Crippen molar-refractivity contribution < 1.29 is 0 Å². The molecule has 0 spiro atoms. The van der Waals surface area contributed by atoms with Crippen LogP contribution in [0.5, 0.6) is 0 Å². The molecule has 0 amide bonds. The number of H-pyrrole nitrogens is 1. The van der Waals surface area contributed by atoms with Crippen molar-refractivity contribution in [1.29, 1.82) is 0 Å². The number of hydrogen-bond donors (Lipinski definition) is 3. The molecule has 1 aromatic heterocycles. The number of fused-ring (bicyclic) bond motifs is 1. The summed E-state index contributed by atoms with van der Waals surface area (Å²) >= 11 is 0. The maximum absolute atomic E-state index is 4.41. The molecule has 1 aliphatic heterocycles. The second-order valence-electron chi connectivity index (χ2n) is 6.22. The van der Waals surface area contributed by atoms with E-state index in [1.165, 1.54) is 37.1 Å². The van der Waals surface area contributed by atoms with E-state index in [-0.39, 0.29) is 0 Å². The highest BCUT2D eigenvalue weighted by Gasteiger charge is 2.41. The van der Waals surface area contributed by atoms with Crippen molar-refractivity contribution in [2.75, 3.05) is 6.54 Å². The van der Waals surface area contributed by atoms with Gasteiger partial charge in [-0.2, -0.15) is 0 Å². The summed E-state index contributed by atoms with van der Waals surface area (Å²) < 4.78 is 0. The number of hydrogen-bond acceptors (Lipinski definition) is 3. The first-order valence-electron chi connectivity index (χ1n) is 7.38. The van der Waals surface area contributed by atoms with E-state index in [0.717, 1.165) is 37.4 Å². The van der Waals surface area contributed by atoms with Gasteiger partial charge in [-0.25, -0.2) is 4.98 Å². The molecule has 4 rings (SSSR count). The molecule has 1 atom stereocenters. The van der Waals surface area contributed by atoms with Crippen LogP contribution < -0.4 is 10.6 Å². The molecule has 98 valence electrons. The van der Waals surface area contributed by atoms with E-state index in [4.69, 9.17) is 0 Å². The van der Waals surface area contributed by atoms with Crippen LogP contribution in [0.15, 0.2) is 6.33 Å². The lowest BCUT2D eigenvalue weighted by Gasteiger charge is -2.26. The zero-order chi connectivity index (χ0) is 11.9. The van der Waals surface area contributed by atoms with Gasteiger partial charge in [-0.15, -0.1) is 0 Å². The van der Waals surface area contributed by atoms with E-state index in [1.54, 1.807) is 0 Å². The molecule has 0 saturated heterocycles. The summed E-state index contributed by atoms with van der Waals surface area (Å²) in [6.45, 7) is 2.04. The molecule has 0 aromatic carbocycles. The molecule has 18 heavy (non-hydrogen) atoms. The van der Waals surface area contributed by atoms with E-state index in [9.17, 15) is 0 Å². The predicted molar refractivity (Wildman–Crippen MR) is 70.2 cm³/mol. The van der Waals surface area contributed by atoms with Crippen molar-refractivity contribution in [1.82, 2.24) is 20.6 Å². The van der Waals surface area contributed by atoms with Crippen molar-refractivity contribution in [3.8, 4) is 0 Å². The molecule has 2 saturated carbocycles. The lowest BCUT2D eigenvalue weighted by atomic mass is 10.0. The van der Waals surface area contributed by atoms with Crippen molar-refractivity contribution in [3.05, 3.63) is 17.7 Å². The molecular formula is C14H22N4. The average molecular weight is 246 g/mol. The Morgan fingerprint density at radius 1 is 1.28 bits per heavy atom. The summed E-state index contributed by atoms with van der Waals surface area (Å²) in [4.78, 5) is 7.61. The lowest BCUT2D eigenvalue weighted by molar-refractivity contribution is 0.366. The van der Waals surface area contributed by atoms with Crippen molar-refractivity contribution in [3.63, 3.8) is 0 Å². The summed E-state index contributed by atoms with van der Waals surface area (Å²) in [5.74, 6) is 1.98. The second-order valence-corrected chi connectivity index (χ2v) is 6.22. The summed E-state index contributed by atoms with van der Waals surface area (Å²) in [5, 5.41) is 7.44. The van der Waals surface area contributed by atoms with Crippen LogP contribution >= 0.6 is 0 Å². The third-order valence-corrected chi connectivity index (χ3v) is 4.67. The van der Waals surface area contributed by atoms with Crippen molar-refractivity contribution in [2.24, 2.45) is 11.8 Å². The molecule has 0 bridgehead atoms. The number of nitrogens with one attached hydrogen (secondary N) is 3. The summed E-state index contributed by atoms with van der Waals surface area (Å²) in [7, 11) is 0. The van der Waals surface area contributed by atoms with Gasteiger partial charge < -0.3 is 15.6 Å². The van der Waals surface area contributed by atoms with Crippen LogP contribution in [0.4, 0.5) is 0 Å². The standard InChI is InChI=1S/C14H22N4/c1-2-9(1)14(10-3-4-10)16-6-11-5-12-13(7-15-11)18-8-17-12/h8-11,14-16H,1-7H2,(H,17,18). The Hall–Kier alpha value is -0.870. The van der Waals surface area contributed by atoms with Gasteiger partial charge in [0.25, 0.3) is 0 Å². The van der Waals surface area contributed by atoms with E-state index < -0.39 is 0 Å². The van der Waals surface area contributed by atoms with Crippen LogP contribution in [-0.4, -0.2) is 28.6 Å². The van der Waals surface area contributed by atoms with Crippen molar-refractivity contribution in [2.45, 2.75) is 50.7 Å². The zero-order valence-corrected chi connectivity index (χ0v) is 10.8. The fourth-order valence-corrected chi connectivity index (χ4v) is 3.28. The van der Waals surface area contributed by atoms with Crippen LogP contribution in [0.2, 0.25) is 0 Å². The molecular weight excluding hydrogens is 224 g/mol. The van der Waals surface area contributed by atoms with Crippen LogP contribution in [0.1, 0.15) is 37.1 Å². The number of nitrogens with zero attached hydrogens (tertiary/aromatic N) is 1. The van der Waals surface area contributed by atoms with Crippen LogP contribution in [0.3, 0.4) is 0 Å². The number of aromatic amines is 1. The van der Waals surface area contributed by atoms with Gasteiger partial charge in [-0.3, -0.25) is 0 Å². The van der Waals surface area contributed by atoms with Crippen LogP contribution in [0, 0.1) is 11.8 Å². The highest BCUT2D eigenvalue weighted by Crippen LogP contribution is 2.44. The maximum Gasteiger partial charge on any atom is 0.0925 e. The third-order valence-electron chi connectivity index (χ3n) is 4.67. The molecule has 4 nitrogen and oxygen atoms in total. The molecule has 1 unspecified atom stereocenters. The Balaban J connectivity index is 1.32. The number of rotatable bonds is 5. The Morgan fingerprint density at radius 2 is 2.06 bits per heavy atom. The Labute approximate surface area is 108 Å². The Bertz CT molecular complexity index is 407. The Morgan fingerprint density at radius 3 is 2.78 bits per heavy atom. The first kappa shape index (κ1) is 11.0. The molecule has 3 aliphatic rings. The topological polar surface area (TPSA) is 52.7 Å². The van der Waals surface area contributed by atoms with E-state index >= 15 is 0 Å². The minimum absolute atomic E-state index is 0.556. The SMILES string of the molecule is c1nc2c([nH]1)CNC(CNC(C1CC1)C1CC1)C2. The fraction of sp³-hybridized carbons (Fsp3) is 0.786. The molecule has 2 aliphatic carbocycles. The molecule has 1 aromatic rings. The van der Waals surface area contributed by atoms with E-state index in [1.807, 2.05) is 6.33 Å². The summed E-state index contributed by atoms with van der Waals surface area (Å²) in [6.07, 6.45) is 8.70. The summed E-state index contributed by atoms with van der Waals surface area (Å²) in [6, 6.07) is 1.37. The van der Waals surface area contributed by atoms with Crippen LogP contribution in [0.25, 0.3) is 0 Å². The van der Waals surface area contributed by atoms with Gasteiger partial charge in [0.15, 0.2) is 0 Å². The van der Waals surface area contributed by atoms with Gasteiger partial charge in [-0.05, 0) is 37.5 Å². The minimum Gasteiger partial charge on any atom is -0.347 e. The van der Waals surface area contributed by atoms with Crippen molar-refractivity contribution >= 4 is 0 Å². The van der Waals surface area contributed by atoms with E-state index in [2.05, 4.69) is 20.6 Å². The lowest BCUT2D eigenvalue weighted by Crippen LogP contribution is -2.46. The maximum atomic E-state index is 4.41. The monoisotopic (exact) mass is 246 g/mol. The fourth-order valence-electron chi connectivity index (χ4n) is 3.28. The third kappa shape index (κ3) is 2.19. The molecule has 0 radical (unpaired) electrons. The Kier molecular flexibility index (Phi) is 2.66. The zero-order valence-electron chi connectivity index (χ0n) is 10.8. The molecule has 4 heteroatoms. The quantitative estimate of drug-likeness (QED) is 0.732. The van der Waals surface area contributed by atoms with Gasteiger partial charge in [0.2, 0.25) is 0 Å². The normalized spacial score (nSPS) is 27.5. The van der Waals surface area contributed by atoms with Gasteiger partial charge in [0, 0.05) is 31.6 Å². The predicted octanol–water partition coefficient (Wildman–Crippen LogP) is 1.20. The van der Waals surface area contributed by atoms with Gasteiger partial charge in [0.1, 0.15) is 0 Å². The minimum atomic E-state index is 0.556. The average Bonchev–Trinajstić information content (AvgIpc) is 3.29.